The molecule has 5 heteroatoms. The molecule has 5 nitrogen and oxygen atoms in total. The van der Waals surface area contributed by atoms with Gasteiger partial charge in [-0.3, -0.25) is 0 Å². The lowest BCUT2D eigenvalue weighted by atomic mass is 9.85. The highest BCUT2D eigenvalue weighted by Crippen LogP contribution is 2.31. The zero-order chi connectivity index (χ0) is 14.5. The molecule has 2 rings (SSSR count). The molecule has 2 atom stereocenters. The summed E-state index contributed by atoms with van der Waals surface area (Å²) in [5.74, 6) is 0.582. The molecule has 0 radical (unpaired) electrons. The van der Waals surface area contributed by atoms with Crippen LogP contribution in [-0.4, -0.2) is 24.2 Å². The van der Waals surface area contributed by atoms with Crippen molar-refractivity contribution >= 4 is 11.7 Å². The highest BCUT2D eigenvalue weighted by molar-refractivity contribution is 5.95. The number of carbonyl (C=O) groups excluding carboxylic acids is 1. The van der Waals surface area contributed by atoms with E-state index in [0.717, 1.165) is 12.8 Å². The molecule has 110 valence electrons. The van der Waals surface area contributed by atoms with Crippen molar-refractivity contribution in [3.63, 3.8) is 0 Å². The van der Waals surface area contributed by atoms with E-state index in [1.807, 2.05) is 0 Å². The molecule has 1 fully saturated rings. The van der Waals surface area contributed by atoms with Crippen LogP contribution >= 0.6 is 0 Å². The van der Waals surface area contributed by atoms with Gasteiger partial charge in [0.1, 0.15) is 11.8 Å². The smallest absolute Gasteiger partial charge is 0.340 e. The molecule has 1 saturated carbocycles. The van der Waals surface area contributed by atoms with Crippen molar-refractivity contribution in [3.8, 4) is 5.88 Å². The maximum Gasteiger partial charge on any atom is 0.340 e. The Bertz CT molecular complexity index is 476. The van der Waals surface area contributed by atoms with Gasteiger partial charge in [-0.15, -0.1) is 0 Å². The predicted molar refractivity (Wildman–Crippen MR) is 76.7 cm³/mol. The van der Waals surface area contributed by atoms with Crippen molar-refractivity contribution < 1.29 is 14.3 Å². The quantitative estimate of drug-likeness (QED) is 0.857. The number of anilines is 1. The van der Waals surface area contributed by atoms with E-state index in [-0.39, 0.29) is 11.8 Å². The van der Waals surface area contributed by atoms with Gasteiger partial charge >= 0.3 is 5.97 Å². The molecular weight excluding hydrogens is 256 g/mol. The zero-order valence-electron chi connectivity index (χ0n) is 12.1. The molecule has 1 aromatic rings. The molecule has 0 saturated heterocycles. The van der Waals surface area contributed by atoms with Gasteiger partial charge in [0, 0.05) is 6.20 Å². The van der Waals surface area contributed by atoms with Crippen LogP contribution in [0.3, 0.4) is 0 Å². The Labute approximate surface area is 119 Å². The summed E-state index contributed by atoms with van der Waals surface area (Å²) in [5, 5.41) is 0. The van der Waals surface area contributed by atoms with Gasteiger partial charge in [-0.1, -0.05) is 19.8 Å². The van der Waals surface area contributed by atoms with Crippen molar-refractivity contribution in [2.24, 2.45) is 5.92 Å². The van der Waals surface area contributed by atoms with E-state index in [2.05, 4.69) is 11.9 Å². The van der Waals surface area contributed by atoms with Crippen molar-refractivity contribution in [3.05, 3.63) is 17.8 Å². The molecule has 0 spiro atoms. The molecule has 0 bridgehead atoms. The van der Waals surface area contributed by atoms with Crippen LogP contribution in [0.2, 0.25) is 0 Å². The standard InChI is InChI=1S/C15H22N2O3/c1-3-10-5-4-6-11(9-10)20-14-13(16)12(7-8-17-14)15(18)19-2/h7-8,10-11H,3-6,9,16H2,1-2H3. The summed E-state index contributed by atoms with van der Waals surface area (Å²) < 4.78 is 10.6. The summed E-state index contributed by atoms with van der Waals surface area (Å²) >= 11 is 0. The maximum absolute atomic E-state index is 11.6. The van der Waals surface area contributed by atoms with Crippen LogP contribution in [0, 0.1) is 5.92 Å². The van der Waals surface area contributed by atoms with E-state index >= 15 is 0 Å². The summed E-state index contributed by atoms with van der Waals surface area (Å²) in [7, 11) is 1.33. The summed E-state index contributed by atoms with van der Waals surface area (Å²) in [5.41, 5.74) is 6.52. The highest BCUT2D eigenvalue weighted by atomic mass is 16.5. The van der Waals surface area contributed by atoms with Gasteiger partial charge in [-0.25, -0.2) is 9.78 Å². The van der Waals surface area contributed by atoms with Crippen molar-refractivity contribution in [1.29, 1.82) is 0 Å². The molecular formula is C15H22N2O3. The molecule has 1 heterocycles. The van der Waals surface area contributed by atoms with Gasteiger partial charge in [-0.05, 0) is 31.2 Å². The number of nitrogens with two attached hydrogens (primary N) is 1. The minimum atomic E-state index is -0.468. The third-order valence-electron chi connectivity index (χ3n) is 3.95. The summed E-state index contributed by atoms with van der Waals surface area (Å²) in [6.07, 6.45) is 7.31. The fraction of sp³-hybridized carbons (Fsp3) is 0.600. The number of ether oxygens (including phenoxy) is 2. The number of methoxy groups -OCH3 is 1. The molecule has 2 N–H and O–H groups in total. The first-order valence-electron chi connectivity index (χ1n) is 7.15. The number of rotatable bonds is 4. The molecule has 0 aromatic carbocycles. The SMILES string of the molecule is CCC1CCCC(Oc2nccc(C(=O)OC)c2N)C1. The second kappa shape index (κ2) is 6.59. The summed E-state index contributed by atoms with van der Waals surface area (Å²) in [4.78, 5) is 15.7. The first-order chi connectivity index (χ1) is 9.65. The minimum absolute atomic E-state index is 0.136. The van der Waals surface area contributed by atoms with Crippen LogP contribution < -0.4 is 10.5 Å². The fourth-order valence-electron chi connectivity index (χ4n) is 2.71. The molecule has 0 aliphatic heterocycles. The Balaban J connectivity index is 2.11. The lowest BCUT2D eigenvalue weighted by Crippen LogP contribution is -2.26. The molecule has 2 unspecified atom stereocenters. The third-order valence-corrected chi connectivity index (χ3v) is 3.95. The Hall–Kier alpha value is -1.78. The van der Waals surface area contributed by atoms with Gasteiger partial charge < -0.3 is 15.2 Å². The first kappa shape index (κ1) is 14.6. The summed E-state index contributed by atoms with van der Waals surface area (Å²) in [6.45, 7) is 2.21. The lowest BCUT2D eigenvalue weighted by Gasteiger charge is -2.28. The number of nitrogen functional groups attached to an aromatic ring is 1. The zero-order valence-corrected chi connectivity index (χ0v) is 12.1. The Kier molecular flexibility index (Phi) is 4.82. The fourth-order valence-corrected chi connectivity index (χ4v) is 2.71. The van der Waals surface area contributed by atoms with Gasteiger partial charge in [-0.2, -0.15) is 0 Å². The van der Waals surface area contributed by atoms with Crippen molar-refractivity contribution in [2.45, 2.75) is 45.1 Å². The molecule has 1 aliphatic carbocycles. The Morgan fingerprint density at radius 3 is 3.00 bits per heavy atom. The summed E-state index contributed by atoms with van der Waals surface area (Å²) in [6, 6.07) is 1.55. The lowest BCUT2D eigenvalue weighted by molar-refractivity contribution is 0.0600. The van der Waals surface area contributed by atoms with E-state index in [1.165, 1.54) is 32.6 Å². The number of aromatic nitrogens is 1. The Morgan fingerprint density at radius 2 is 2.30 bits per heavy atom. The average molecular weight is 278 g/mol. The van der Waals surface area contributed by atoms with Crippen molar-refractivity contribution in [2.75, 3.05) is 12.8 Å². The van der Waals surface area contributed by atoms with Crippen molar-refractivity contribution in [1.82, 2.24) is 4.98 Å². The average Bonchev–Trinajstić information content (AvgIpc) is 2.49. The monoisotopic (exact) mass is 278 g/mol. The topological polar surface area (TPSA) is 74.4 Å². The van der Waals surface area contributed by atoms with Crippen LogP contribution in [0.1, 0.15) is 49.4 Å². The number of carbonyl (C=O) groups is 1. The van der Waals surface area contributed by atoms with E-state index in [9.17, 15) is 4.79 Å². The molecule has 0 amide bonds. The van der Waals surface area contributed by atoms with Crippen LogP contribution in [-0.2, 0) is 4.74 Å². The Morgan fingerprint density at radius 1 is 1.50 bits per heavy atom. The van der Waals surface area contributed by atoms with Crippen LogP contribution in [0.25, 0.3) is 0 Å². The van der Waals surface area contributed by atoms with E-state index < -0.39 is 5.97 Å². The number of pyridine rings is 1. The largest absolute Gasteiger partial charge is 0.473 e. The second-order valence-electron chi connectivity index (χ2n) is 5.25. The molecule has 20 heavy (non-hydrogen) atoms. The van der Waals surface area contributed by atoms with E-state index in [4.69, 9.17) is 15.2 Å². The normalized spacial score (nSPS) is 22.3. The van der Waals surface area contributed by atoms with E-state index in [0.29, 0.717) is 17.4 Å². The van der Waals surface area contributed by atoms with Gasteiger partial charge in [0.2, 0.25) is 5.88 Å². The predicted octanol–water partition coefficient (Wildman–Crippen LogP) is 2.80. The molecule has 1 aromatic heterocycles. The van der Waals surface area contributed by atoms with Gasteiger partial charge in [0.15, 0.2) is 0 Å². The minimum Gasteiger partial charge on any atom is -0.473 e. The number of esters is 1. The third kappa shape index (κ3) is 3.21. The number of hydrogen-bond donors (Lipinski definition) is 1. The first-order valence-corrected chi connectivity index (χ1v) is 7.15. The van der Waals surface area contributed by atoms with Crippen LogP contribution in [0.4, 0.5) is 5.69 Å². The number of nitrogens with zero attached hydrogens (tertiary/aromatic N) is 1. The van der Waals surface area contributed by atoms with Gasteiger partial charge in [0.05, 0.1) is 12.7 Å². The molecule has 1 aliphatic rings. The van der Waals surface area contributed by atoms with E-state index in [1.54, 1.807) is 6.07 Å². The highest BCUT2D eigenvalue weighted by Gasteiger charge is 2.24. The number of hydrogen-bond acceptors (Lipinski definition) is 5. The second-order valence-corrected chi connectivity index (χ2v) is 5.25. The maximum atomic E-state index is 11.6. The van der Waals surface area contributed by atoms with Gasteiger partial charge in [0.25, 0.3) is 0 Å². The van der Waals surface area contributed by atoms with Crippen LogP contribution in [0.15, 0.2) is 12.3 Å². The van der Waals surface area contributed by atoms with Crippen LogP contribution in [0.5, 0.6) is 5.88 Å².